The number of methoxy groups -OCH3 is 2. The second-order valence-electron chi connectivity index (χ2n) is 5.78. The fourth-order valence-electron chi connectivity index (χ4n) is 2.86. The van der Waals surface area contributed by atoms with Crippen molar-refractivity contribution in [3.63, 3.8) is 0 Å². The molecule has 1 aromatic carbocycles. The minimum absolute atomic E-state index is 0.0471. The van der Waals surface area contributed by atoms with Gasteiger partial charge >= 0.3 is 0 Å². The van der Waals surface area contributed by atoms with Crippen molar-refractivity contribution in [1.29, 1.82) is 0 Å². The number of rotatable bonds is 5. The van der Waals surface area contributed by atoms with Crippen LogP contribution < -0.4 is 9.47 Å². The van der Waals surface area contributed by atoms with E-state index in [0.717, 1.165) is 22.8 Å². The number of benzene rings is 1. The van der Waals surface area contributed by atoms with E-state index >= 15 is 0 Å². The first kappa shape index (κ1) is 17.5. The molecule has 1 aromatic heterocycles. The highest BCUT2D eigenvalue weighted by Gasteiger charge is 2.32. The molecule has 1 aliphatic rings. The minimum atomic E-state index is -0.199. The lowest BCUT2D eigenvalue weighted by molar-refractivity contribution is -0.133. The van der Waals surface area contributed by atoms with Gasteiger partial charge in [-0.1, -0.05) is 0 Å². The third-order valence-electron chi connectivity index (χ3n) is 4.10. The van der Waals surface area contributed by atoms with E-state index in [1.165, 1.54) is 14.2 Å². The van der Waals surface area contributed by atoms with Gasteiger partial charge in [0.2, 0.25) is 11.7 Å². The molecule has 134 valence electrons. The first-order valence-electron chi connectivity index (χ1n) is 7.94. The fourth-order valence-corrected chi connectivity index (χ4v) is 4.08. The maximum atomic E-state index is 12.5. The van der Waals surface area contributed by atoms with Crippen LogP contribution in [0.25, 0.3) is 0 Å². The molecule has 0 saturated carbocycles. The number of aryl methyl sites for hydroxylation is 1. The van der Waals surface area contributed by atoms with Crippen LogP contribution in [-0.2, 0) is 11.3 Å². The standard InChI is InChI=1S/C18H21NO5S/c1-11-4-5-13(24-11)10-19-16(20)6-7-25-18(19)12-8-14(22-2)17(21)15(9-12)23-3/h4-5,8-9,18,21H,6-7,10H2,1-3H3. The Morgan fingerprint density at radius 1 is 1.28 bits per heavy atom. The highest BCUT2D eigenvalue weighted by atomic mass is 32.2. The Morgan fingerprint density at radius 3 is 2.52 bits per heavy atom. The van der Waals surface area contributed by atoms with Crippen molar-refractivity contribution in [2.45, 2.75) is 25.3 Å². The minimum Gasteiger partial charge on any atom is -0.502 e. The Labute approximate surface area is 150 Å². The second-order valence-corrected chi connectivity index (χ2v) is 6.97. The smallest absolute Gasteiger partial charge is 0.224 e. The number of carbonyl (C=O) groups is 1. The molecule has 25 heavy (non-hydrogen) atoms. The Kier molecular flexibility index (Phi) is 5.13. The average Bonchev–Trinajstić information content (AvgIpc) is 3.02. The largest absolute Gasteiger partial charge is 0.502 e. The third kappa shape index (κ3) is 3.56. The third-order valence-corrected chi connectivity index (χ3v) is 5.39. The zero-order chi connectivity index (χ0) is 18.0. The van der Waals surface area contributed by atoms with Crippen molar-refractivity contribution in [1.82, 2.24) is 4.90 Å². The number of amides is 1. The zero-order valence-corrected chi connectivity index (χ0v) is 15.3. The van der Waals surface area contributed by atoms with Crippen LogP contribution in [0.1, 0.15) is 28.9 Å². The number of phenolic OH excluding ortho intramolecular Hbond substituents is 1. The van der Waals surface area contributed by atoms with Gasteiger partial charge in [0.1, 0.15) is 16.9 Å². The summed E-state index contributed by atoms with van der Waals surface area (Å²) in [4.78, 5) is 14.3. The summed E-state index contributed by atoms with van der Waals surface area (Å²) in [5, 5.41) is 9.92. The highest BCUT2D eigenvalue weighted by Crippen LogP contribution is 2.44. The number of nitrogens with zero attached hydrogens (tertiary/aromatic N) is 1. The highest BCUT2D eigenvalue weighted by molar-refractivity contribution is 7.99. The lowest BCUT2D eigenvalue weighted by Crippen LogP contribution is -2.36. The lowest BCUT2D eigenvalue weighted by atomic mass is 10.1. The number of furan rings is 1. The van der Waals surface area contributed by atoms with Gasteiger partial charge in [0.05, 0.1) is 20.8 Å². The van der Waals surface area contributed by atoms with Crippen LogP contribution in [0.4, 0.5) is 0 Å². The van der Waals surface area contributed by atoms with Crippen LogP contribution in [-0.4, -0.2) is 35.9 Å². The van der Waals surface area contributed by atoms with Gasteiger partial charge in [0.25, 0.3) is 0 Å². The topological polar surface area (TPSA) is 72.1 Å². The number of carbonyl (C=O) groups excluding carboxylic acids is 1. The van der Waals surface area contributed by atoms with E-state index in [1.807, 2.05) is 19.1 Å². The monoisotopic (exact) mass is 363 g/mol. The van der Waals surface area contributed by atoms with Crippen LogP contribution in [0.2, 0.25) is 0 Å². The van der Waals surface area contributed by atoms with E-state index in [9.17, 15) is 9.90 Å². The molecule has 1 unspecified atom stereocenters. The average molecular weight is 363 g/mol. The number of ether oxygens (including phenoxy) is 2. The summed E-state index contributed by atoms with van der Waals surface area (Å²) in [5.41, 5.74) is 0.841. The van der Waals surface area contributed by atoms with Gasteiger partial charge in [-0.15, -0.1) is 11.8 Å². The Morgan fingerprint density at radius 2 is 1.96 bits per heavy atom. The predicted molar refractivity (Wildman–Crippen MR) is 95.0 cm³/mol. The number of thioether (sulfide) groups is 1. The molecule has 1 saturated heterocycles. The molecular formula is C18H21NO5S. The summed E-state index contributed by atoms with van der Waals surface area (Å²) in [6, 6.07) is 7.26. The normalized spacial score (nSPS) is 17.6. The van der Waals surface area contributed by atoms with Crippen molar-refractivity contribution >= 4 is 17.7 Å². The van der Waals surface area contributed by atoms with Crippen LogP contribution in [0.3, 0.4) is 0 Å². The summed E-state index contributed by atoms with van der Waals surface area (Å²) >= 11 is 1.67. The Hall–Kier alpha value is -2.28. The van der Waals surface area contributed by atoms with Gasteiger partial charge in [0.15, 0.2) is 11.5 Å². The number of hydrogen-bond donors (Lipinski definition) is 1. The molecule has 2 aromatic rings. The van der Waals surface area contributed by atoms with E-state index < -0.39 is 0 Å². The molecule has 2 heterocycles. The number of aromatic hydroxyl groups is 1. The molecule has 7 heteroatoms. The molecule has 6 nitrogen and oxygen atoms in total. The first-order chi connectivity index (χ1) is 12.0. The first-order valence-corrected chi connectivity index (χ1v) is 8.99. The maximum absolute atomic E-state index is 12.5. The molecule has 1 atom stereocenters. The molecule has 0 radical (unpaired) electrons. The SMILES string of the molecule is COc1cc(C2SCCC(=O)N2Cc2ccc(C)o2)cc(OC)c1O. The molecule has 0 spiro atoms. The summed E-state index contributed by atoms with van der Waals surface area (Å²) in [6.07, 6.45) is 0.493. The van der Waals surface area contributed by atoms with Gasteiger partial charge < -0.3 is 23.9 Å². The van der Waals surface area contributed by atoms with E-state index in [2.05, 4.69) is 0 Å². The summed E-state index contributed by atoms with van der Waals surface area (Å²) in [5.74, 6) is 2.97. The summed E-state index contributed by atoms with van der Waals surface area (Å²) in [6.45, 7) is 2.28. The van der Waals surface area contributed by atoms with Crippen LogP contribution in [0.15, 0.2) is 28.7 Å². The Bertz CT molecular complexity index is 748. The number of phenols is 1. The Balaban J connectivity index is 1.96. The molecule has 1 amide bonds. The number of hydrogen-bond acceptors (Lipinski definition) is 6. The molecule has 1 aliphatic heterocycles. The maximum Gasteiger partial charge on any atom is 0.224 e. The summed E-state index contributed by atoms with van der Waals surface area (Å²) in [7, 11) is 2.97. The van der Waals surface area contributed by atoms with Crippen LogP contribution in [0.5, 0.6) is 17.2 Å². The van der Waals surface area contributed by atoms with Gasteiger partial charge in [0, 0.05) is 12.2 Å². The summed E-state index contributed by atoms with van der Waals surface area (Å²) < 4.78 is 16.1. The van der Waals surface area contributed by atoms with Crippen LogP contribution >= 0.6 is 11.8 Å². The van der Waals surface area contributed by atoms with Crippen molar-refractivity contribution in [3.8, 4) is 17.2 Å². The zero-order valence-electron chi connectivity index (χ0n) is 14.4. The van der Waals surface area contributed by atoms with Gasteiger partial charge in [-0.05, 0) is 36.8 Å². The van der Waals surface area contributed by atoms with Crippen molar-refractivity contribution < 1.29 is 23.8 Å². The molecule has 3 rings (SSSR count). The molecule has 1 fully saturated rings. The predicted octanol–water partition coefficient (Wildman–Crippen LogP) is 3.48. The fraction of sp³-hybridized carbons (Fsp3) is 0.389. The quantitative estimate of drug-likeness (QED) is 0.877. The van der Waals surface area contributed by atoms with Gasteiger partial charge in [-0.2, -0.15) is 0 Å². The van der Waals surface area contributed by atoms with Crippen molar-refractivity contribution in [2.24, 2.45) is 0 Å². The van der Waals surface area contributed by atoms with E-state index in [4.69, 9.17) is 13.9 Å². The second kappa shape index (κ2) is 7.31. The molecular weight excluding hydrogens is 342 g/mol. The van der Waals surface area contributed by atoms with Crippen molar-refractivity contribution in [2.75, 3.05) is 20.0 Å². The van der Waals surface area contributed by atoms with Gasteiger partial charge in [-0.3, -0.25) is 4.79 Å². The van der Waals surface area contributed by atoms with E-state index in [0.29, 0.717) is 24.5 Å². The molecule has 0 bridgehead atoms. The van der Waals surface area contributed by atoms with Gasteiger partial charge in [-0.25, -0.2) is 0 Å². The van der Waals surface area contributed by atoms with Crippen molar-refractivity contribution in [3.05, 3.63) is 41.3 Å². The molecule has 0 aliphatic carbocycles. The van der Waals surface area contributed by atoms with E-state index in [-0.39, 0.29) is 17.0 Å². The lowest BCUT2D eigenvalue weighted by Gasteiger charge is -2.35. The molecule has 1 N–H and O–H groups in total. The van der Waals surface area contributed by atoms with E-state index in [1.54, 1.807) is 28.8 Å². The van der Waals surface area contributed by atoms with Crippen LogP contribution in [0, 0.1) is 6.92 Å².